The minimum absolute atomic E-state index is 0.290. The van der Waals surface area contributed by atoms with Gasteiger partial charge in [0.05, 0.1) is 23.4 Å². The molecule has 0 saturated carbocycles. The van der Waals surface area contributed by atoms with E-state index in [0.29, 0.717) is 29.2 Å². The van der Waals surface area contributed by atoms with Crippen molar-refractivity contribution in [2.24, 2.45) is 0 Å². The van der Waals surface area contributed by atoms with E-state index in [1.54, 1.807) is 24.3 Å². The third-order valence-electron chi connectivity index (χ3n) is 4.67. The first-order chi connectivity index (χ1) is 15.2. The number of ether oxygens (including phenoxy) is 2. The molecule has 3 aromatic rings. The van der Waals surface area contributed by atoms with Gasteiger partial charge in [-0.25, -0.2) is 4.79 Å². The van der Waals surface area contributed by atoms with Crippen molar-refractivity contribution in [1.29, 1.82) is 0 Å². The molecule has 0 saturated heterocycles. The average molecular weight is 432 g/mol. The monoisotopic (exact) mass is 431 g/mol. The quantitative estimate of drug-likeness (QED) is 0.467. The maximum absolute atomic E-state index is 13.2. The highest BCUT2D eigenvalue weighted by Crippen LogP contribution is 2.29. The maximum Gasteiger partial charge on any atom is 0.340 e. The summed E-state index contributed by atoms with van der Waals surface area (Å²) in [5.41, 5.74) is 3.21. The summed E-state index contributed by atoms with van der Waals surface area (Å²) in [4.78, 5) is 26.1. The van der Waals surface area contributed by atoms with E-state index in [0.717, 1.165) is 16.7 Å². The third-order valence-corrected chi connectivity index (χ3v) is 4.67. The molecule has 5 nitrogen and oxygen atoms in total. The highest BCUT2D eigenvalue weighted by Gasteiger charge is 2.23. The van der Waals surface area contributed by atoms with Gasteiger partial charge in [-0.2, -0.15) is 0 Å². The Balaban J connectivity index is 2.03. The lowest BCUT2D eigenvalue weighted by atomic mass is 10.0. The smallest absolute Gasteiger partial charge is 0.340 e. The van der Waals surface area contributed by atoms with Gasteiger partial charge >= 0.3 is 5.97 Å². The molecule has 0 aliphatic heterocycles. The molecule has 5 heteroatoms. The molecular formula is C27H29NO4. The molecule has 1 N–H and O–H groups in total. The van der Waals surface area contributed by atoms with E-state index < -0.39 is 11.6 Å². The number of esters is 1. The lowest BCUT2D eigenvalue weighted by Crippen LogP contribution is -2.25. The molecule has 0 aromatic heterocycles. The summed E-state index contributed by atoms with van der Waals surface area (Å²) in [5.74, 6) is -0.359. The van der Waals surface area contributed by atoms with Crippen LogP contribution in [0, 0.1) is 6.92 Å². The van der Waals surface area contributed by atoms with Gasteiger partial charge in [0.25, 0.3) is 5.91 Å². The molecule has 3 aromatic carbocycles. The Kier molecular flexibility index (Phi) is 6.98. The summed E-state index contributed by atoms with van der Waals surface area (Å²) in [6.45, 7) is 9.64. The minimum Gasteiger partial charge on any atom is -0.493 e. The van der Waals surface area contributed by atoms with E-state index in [-0.39, 0.29) is 5.91 Å². The molecule has 0 bridgehead atoms. The highest BCUT2D eigenvalue weighted by atomic mass is 16.6. The number of anilines is 1. The number of benzene rings is 3. The Morgan fingerprint density at radius 3 is 2.25 bits per heavy atom. The molecule has 0 aliphatic rings. The second kappa shape index (κ2) is 9.69. The van der Waals surface area contributed by atoms with Gasteiger partial charge in [0, 0.05) is 0 Å². The van der Waals surface area contributed by atoms with Crippen molar-refractivity contribution in [3.8, 4) is 16.9 Å². The number of hydrogen-bond donors (Lipinski definition) is 1. The number of carbonyl (C=O) groups excluding carboxylic acids is 2. The van der Waals surface area contributed by atoms with Crippen LogP contribution in [0.3, 0.4) is 0 Å². The normalized spacial score (nSPS) is 11.0. The van der Waals surface area contributed by atoms with Crippen molar-refractivity contribution in [2.75, 3.05) is 11.9 Å². The molecule has 0 spiro atoms. The van der Waals surface area contributed by atoms with Crippen molar-refractivity contribution in [2.45, 2.75) is 40.2 Å². The average Bonchev–Trinajstić information content (AvgIpc) is 2.74. The summed E-state index contributed by atoms with van der Waals surface area (Å²) in [6, 6.07) is 20.5. The summed E-state index contributed by atoms with van der Waals surface area (Å²) in [7, 11) is 0. The van der Waals surface area contributed by atoms with Crippen molar-refractivity contribution in [3.05, 3.63) is 83.4 Å². The Morgan fingerprint density at radius 1 is 0.875 bits per heavy atom. The Bertz CT molecular complexity index is 1110. The van der Waals surface area contributed by atoms with Crippen molar-refractivity contribution < 1.29 is 19.1 Å². The van der Waals surface area contributed by atoms with Crippen LogP contribution in [0.1, 0.15) is 54.0 Å². The standard InChI is InChI=1S/C27H29NO4/c1-6-31-24-15-12-18(2)16-22(24)25(29)28-23-17-20(19-10-8-7-9-11-19)13-14-21(23)26(30)32-27(3,4)5/h7-17H,6H2,1-5H3,(H,28,29). The van der Waals surface area contributed by atoms with Crippen LogP contribution < -0.4 is 10.1 Å². The number of aryl methyl sites for hydroxylation is 1. The molecule has 166 valence electrons. The van der Waals surface area contributed by atoms with Crippen LogP contribution in [-0.4, -0.2) is 24.1 Å². The zero-order valence-corrected chi connectivity index (χ0v) is 19.2. The second-order valence-corrected chi connectivity index (χ2v) is 8.52. The number of nitrogens with one attached hydrogen (secondary N) is 1. The van der Waals surface area contributed by atoms with Gasteiger partial charge < -0.3 is 14.8 Å². The van der Waals surface area contributed by atoms with Crippen molar-refractivity contribution in [3.63, 3.8) is 0 Å². The van der Waals surface area contributed by atoms with E-state index in [4.69, 9.17) is 9.47 Å². The van der Waals surface area contributed by atoms with Crippen LogP contribution in [0.15, 0.2) is 66.7 Å². The van der Waals surface area contributed by atoms with Gasteiger partial charge in [0.1, 0.15) is 11.4 Å². The first-order valence-electron chi connectivity index (χ1n) is 10.7. The lowest BCUT2D eigenvalue weighted by Gasteiger charge is -2.21. The molecular weight excluding hydrogens is 402 g/mol. The van der Waals surface area contributed by atoms with Crippen molar-refractivity contribution >= 4 is 17.6 Å². The molecule has 0 radical (unpaired) electrons. The first kappa shape index (κ1) is 23.1. The van der Waals surface area contributed by atoms with Crippen LogP contribution in [-0.2, 0) is 4.74 Å². The van der Waals surface area contributed by atoms with Crippen LogP contribution in [0.5, 0.6) is 5.75 Å². The van der Waals surface area contributed by atoms with Gasteiger partial charge in [0.2, 0.25) is 0 Å². The number of amides is 1. The molecule has 0 aliphatic carbocycles. The molecule has 3 rings (SSSR count). The van der Waals surface area contributed by atoms with E-state index in [1.165, 1.54) is 0 Å². The van der Waals surface area contributed by atoms with Crippen molar-refractivity contribution in [1.82, 2.24) is 0 Å². The van der Waals surface area contributed by atoms with Crippen LogP contribution >= 0.6 is 0 Å². The van der Waals surface area contributed by atoms with E-state index in [9.17, 15) is 9.59 Å². The van der Waals surface area contributed by atoms with E-state index in [1.807, 2.05) is 77.1 Å². The minimum atomic E-state index is -0.658. The SMILES string of the molecule is CCOc1ccc(C)cc1C(=O)Nc1cc(-c2ccccc2)ccc1C(=O)OC(C)(C)C. The predicted octanol–water partition coefficient (Wildman–Crippen LogP) is 6.27. The summed E-state index contributed by atoms with van der Waals surface area (Å²) < 4.78 is 11.2. The Labute approximate surface area is 189 Å². The second-order valence-electron chi connectivity index (χ2n) is 8.52. The van der Waals surface area contributed by atoms with Gasteiger partial charge in [-0.15, -0.1) is 0 Å². The molecule has 0 unspecified atom stereocenters. The summed E-state index contributed by atoms with van der Waals surface area (Å²) in [6.07, 6.45) is 0. The predicted molar refractivity (Wildman–Crippen MR) is 127 cm³/mol. The first-order valence-corrected chi connectivity index (χ1v) is 10.7. The van der Waals surface area contributed by atoms with Gasteiger partial charge in [-0.3, -0.25) is 4.79 Å². The maximum atomic E-state index is 13.2. The van der Waals surface area contributed by atoms with Gasteiger partial charge in [0.15, 0.2) is 0 Å². The number of hydrogen-bond acceptors (Lipinski definition) is 4. The fraction of sp³-hybridized carbons (Fsp3) is 0.259. The summed E-state index contributed by atoms with van der Waals surface area (Å²) >= 11 is 0. The zero-order chi connectivity index (χ0) is 23.3. The molecule has 32 heavy (non-hydrogen) atoms. The van der Waals surface area contributed by atoms with E-state index >= 15 is 0 Å². The van der Waals surface area contributed by atoms with Crippen LogP contribution in [0.4, 0.5) is 5.69 Å². The molecule has 0 fully saturated rings. The largest absolute Gasteiger partial charge is 0.493 e. The lowest BCUT2D eigenvalue weighted by molar-refractivity contribution is 0.00708. The molecule has 0 heterocycles. The molecule has 1 amide bonds. The Morgan fingerprint density at radius 2 is 1.59 bits per heavy atom. The van der Waals surface area contributed by atoms with E-state index in [2.05, 4.69) is 5.32 Å². The van der Waals surface area contributed by atoms with Gasteiger partial charge in [-0.1, -0.05) is 48.0 Å². The highest BCUT2D eigenvalue weighted by molar-refractivity contribution is 6.10. The number of carbonyl (C=O) groups is 2. The number of rotatable bonds is 6. The topological polar surface area (TPSA) is 64.6 Å². The third kappa shape index (κ3) is 5.76. The van der Waals surface area contributed by atoms with Gasteiger partial charge in [-0.05, 0) is 70.0 Å². The van der Waals surface area contributed by atoms with Crippen LogP contribution in [0.2, 0.25) is 0 Å². The molecule has 0 atom stereocenters. The fourth-order valence-electron chi connectivity index (χ4n) is 3.26. The summed E-state index contributed by atoms with van der Waals surface area (Å²) in [5, 5.41) is 2.91. The fourth-order valence-corrected chi connectivity index (χ4v) is 3.26. The zero-order valence-electron chi connectivity index (χ0n) is 19.2. The van der Waals surface area contributed by atoms with Crippen LogP contribution in [0.25, 0.3) is 11.1 Å². The Hall–Kier alpha value is -3.60.